The predicted octanol–water partition coefficient (Wildman–Crippen LogP) is 3.92. The lowest BCUT2D eigenvalue weighted by Crippen LogP contribution is -1.99. The van der Waals surface area contributed by atoms with E-state index in [0.717, 1.165) is 11.3 Å². The largest absolute Gasteiger partial charge is 0.487 e. The summed E-state index contributed by atoms with van der Waals surface area (Å²) in [6, 6.07) is 10.4. The van der Waals surface area contributed by atoms with Crippen molar-refractivity contribution >= 4 is 0 Å². The molecule has 0 spiro atoms. The number of benzene rings is 1. The van der Waals surface area contributed by atoms with Gasteiger partial charge in [-0.2, -0.15) is 0 Å². The van der Waals surface area contributed by atoms with Gasteiger partial charge in [0.15, 0.2) is 0 Å². The summed E-state index contributed by atoms with van der Waals surface area (Å²) >= 11 is 0. The Labute approximate surface area is 106 Å². The molecule has 0 radical (unpaired) electrons. The predicted molar refractivity (Wildman–Crippen MR) is 69.1 cm³/mol. The molecule has 1 aromatic carbocycles. The molecule has 0 aliphatic rings. The number of hydrogen-bond acceptors (Lipinski definition) is 2. The van der Waals surface area contributed by atoms with Crippen molar-refractivity contribution in [1.29, 1.82) is 0 Å². The fraction of sp³-hybridized carbons (Fsp3) is 0.267. The second-order valence-corrected chi connectivity index (χ2v) is 4.48. The molecular formula is C15H16FNO. The van der Waals surface area contributed by atoms with Gasteiger partial charge in [0.1, 0.15) is 18.2 Å². The minimum Gasteiger partial charge on any atom is -0.487 e. The Morgan fingerprint density at radius 1 is 1.22 bits per heavy atom. The molecule has 0 bridgehead atoms. The van der Waals surface area contributed by atoms with Crippen LogP contribution in [0.2, 0.25) is 0 Å². The van der Waals surface area contributed by atoms with E-state index in [1.54, 1.807) is 6.20 Å². The van der Waals surface area contributed by atoms with Crippen molar-refractivity contribution in [2.75, 3.05) is 0 Å². The topological polar surface area (TPSA) is 22.1 Å². The third kappa shape index (κ3) is 3.29. The van der Waals surface area contributed by atoms with E-state index in [-0.39, 0.29) is 11.7 Å². The van der Waals surface area contributed by atoms with Crippen molar-refractivity contribution in [3.8, 4) is 5.75 Å². The van der Waals surface area contributed by atoms with Gasteiger partial charge in [-0.05, 0) is 35.7 Å². The summed E-state index contributed by atoms with van der Waals surface area (Å²) in [4.78, 5) is 4.16. The van der Waals surface area contributed by atoms with E-state index >= 15 is 0 Å². The molecule has 3 heteroatoms. The second kappa shape index (κ2) is 5.63. The molecule has 0 aliphatic carbocycles. The number of hydrogen-bond donors (Lipinski definition) is 0. The van der Waals surface area contributed by atoms with Gasteiger partial charge >= 0.3 is 0 Å². The van der Waals surface area contributed by atoms with Crippen LogP contribution in [-0.2, 0) is 6.61 Å². The van der Waals surface area contributed by atoms with Crippen LogP contribution in [-0.4, -0.2) is 4.98 Å². The standard InChI is InChI=1S/C15H16FNO/c1-11(2)12-7-13(16)9-15(8-12)18-10-14-5-3-4-6-17-14/h3-9,11H,10H2,1-2H3. The normalized spacial score (nSPS) is 10.7. The Kier molecular flexibility index (Phi) is 3.92. The van der Waals surface area contributed by atoms with Crippen molar-refractivity contribution in [1.82, 2.24) is 4.98 Å². The maximum Gasteiger partial charge on any atom is 0.130 e. The van der Waals surface area contributed by atoms with Gasteiger partial charge in [-0.15, -0.1) is 0 Å². The first kappa shape index (κ1) is 12.6. The van der Waals surface area contributed by atoms with E-state index in [2.05, 4.69) is 4.98 Å². The third-order valence-corrected chi connectivity index (χ3v) is 2.67. The molecule has 18 heavy (non-hydrogen) atoms. The second-order valence-electron chi connectivity index (χ2n) is 4.48. The maximum atomic E-state index is 13.4. The van der Waals surface area contributed by atoms with Crippen LogP contribution in [0.1, 0.15) is 31.0 Å². The molecule has 0 amide bonds. The Morgan fingerprint density at radius 3 is 2.72 bits per heavy atom. The molecule has 0 saturated carbocycles. The minimum absolute atomic E-state index is 0.266. The molecule has 1 aromatic heterocycles. The summed E-state index contributed by atoms with van der Waals surface area (Å²) in [5.74, 6) is 0.555. The highest BCUT2D eigenvalue weighted by Gasteiger charge is 2.05. The number of ether oxygens (including phenoxy) is 1. The van der Waals surface area contributed by atoms with Gasteiger partial charge in [-0.25, -0.2) is 4.39 Å². The van der Waals surface area contributed by atoms with Crippen molar-refractivity contribution in [2.24, 2.45) is 0 Å². The summed E-state index contributed by atoms with van der Waals surface area (Å²) in [5, 5.41) is 0. The quantitative estimate of drug-likeness (QED) is 0.814. The lowest BCUT2D eigenvalue weighted by atomic mass is 10.0. The molecule has 1 heterocycles. The minimum atomic E-state index is -0.266. The van der Waals surface area contributed by atoms with Gasteiger partial charge in [0.2, 0.25) is 0 Å². The molecule has 0 saturated heterocycles. The molecule has 94 valence electrons. The Bertz CT molecular complexity index is 511. The van der Waals surface area contributed by atoms with E-state index in [0.29, 0.717) is 12.4 Å². The van der Waals surface area contributed by atoms with Crippen LogP contribution in [0.15, 0.2) is 42.6 Å². The molecule has 2 nitrogen and oxygen atoms in total. The fourth-order valence-electron chi connectivity index (χ4n) is 1.64. The van der Waals surface area contributed by atoms with Gasteiger partial charge < -0.3 is 4.74 Å². The first-order chi connectivity index (χ1) is 8.65. The average Bonchev–Trinajstić information content (AvgIpc) is 2.37. The van der Waals surface area contributed by atoms with E-state index in [9.17, 15) is 4.39 Å². The Hall–Kier alpha value is -1.90. The van der Waals surface area contributed by atoms with Crippen LogP contribution in [0.5, 0.6) is 5.75 Å². The van der Waals surface area contributed by atoms with E-state index < -0.39 is 0 Å². The smallest absolute Gasteiger partial charge is 0.130 e. The summed E-state index contributed by atoms with van der Waals surface area (Å²) in [7, 11) is 0. The van der Waals surface area contributed by atoms with Gasteiger partial charge in [-0.1, -0.05) is 19.9 Å². The molecule has 0 unspecified atom stereocenters. The zero-order valence-electron chi connectivity index (χ0n) is 10.6. The molecule has 2 aromatic rings. The van der Waals surface area contributed by atoms with Gasteiger partial charge in [0.25, 0.3) is 0 Å². The molecule has 0 fully saturated rings. The van der Waals surface area contributed by atoms with E-state index in [4.69, 9.17) is 4.74 Å². The van der Waals surface area contributed by atoms with Gasteiger partial charge in [-0.3, -0.25) is 4.98 Å². The van der Waals surface area contributed by atoms with Crippen molar-refractivity contribution < 1.29 is 9.13 Å². The van der Waals surface area contributed by atoms with E-state index in [1.807, 2.05) is 38.1 Å². The number of rotatable bonds is 4. The number of aromatic nitrogens is 1. The highest BCUT2D eigenvalue weighted by atomic mass is 19.1. The Morgan fingerprint density at radius 2 is 2.06 bits per heavy atom. The number of nitrogens with zero attached hydrogens (tertiary/aromatic N) is 1. The summed E-state index contributed by atoms with van der Waals surface area (Å²) in [5.41, 5.74) is 1.76. The zero-order chi connectivity index (χ0) is 13.0. The monoisotopic (exact) mass is 245 g/mol. The summed E-state index contributed by atoms with van der Waals surface area (Å²) < 4.78 is 19.0. The third-order valence-electron chi connectivity index (χ3n) is 2.67. The number of pyridine rings is 1. The first-order valence-corrected chi connectivity index (χ1v) is 5.98. The van der Waals surface area contributed by atoms with Crippen LogP contribution >= 0.6 is 0 Å². The lowest BCUT2D eigenvalue weighted by Gasteiger charge is -2.10. The lowest BCUT2D eigenvalue weighted by molar-refractivity contribution is 0.299. The Balaban J connectivity index is 2.10. The van der Waals surface area contributed by atoms with Crippen LogP contribution in [0.25, 0.3) is 0 Å². The van der Waals surface area contributed by atoms with Crippen molar-refractivity contribution in [3.63, 3.8) is 0 Å². The molecular weight excluding hydrogens is 229 g/mol. The van der Waals surface area contributed by atoms with Crippen LogP contribution in [0, 0.1) is 5.82 Å². The summed E-state index contributed by atoms with van der Waals surface area (Å²) in [6.07, 6.45) is 1.71. The first-order valence-electron chi connectivity index (χ1n) is 5.98. The molecule has 0 N–H and O–H groups in total. The fourth-order valence-corrected chi connectivity index (χ4v) is 1.64. The number of halogens is 1. The molecule has 0 atom stereocenters. The molecule has 2 rings (SSSR count). The van der Waals surface area contributed by atoms with Crippen molar-refractivity contribution in [2.45, 2.75) is 26.4 Å². The zero-order valence-corrected chi connectivity index (χ0v) is 10.6. The highest BCUT2D eigenvalue weighted by molar-refractivity contribution is 5.31. The van der Waals surface area contributed by atoms with Crippen LogP contribution in [0.3, 0.4) is 0 Å². The highest BCUT2D eigenvalue weighted by Crippen LogP contribution is 2.22. The SMILES string of the molecule is CC(C)c1cc(F)cc(OCc2ccccn2)c1. The summed E-state index contributed by atoms with van der Waals surface area (Å²) in [6.45, 7) is 4.40. The molecule has 0 aliphatic heterocycles. The average molecular weight is 245 g/mol. The van der Waals surface area contributed by atoms with Gasteiger partial charge in [0.05, 0.1) is 5.69 Å². The van der Waals surface area contributed by atoms with E-state index in [1.165, 1.54) is 12.1 Å². The van der Waals surface area contributed by atoms with Crippen LogP contribution in [0.4, 0.5) is 4.39 Å². The maximum absolute atomic E-state index is 13.4. The van der Waals surface area contributed by atoms with Crippen molar-refractivity contribution in [3.05, 3.63) is 59.7 Å². The van der Waals surface area contributed by atoms with Crippen LogP contribution < -0.4 is 4.74 Å². The van der Waals surface area contributed by atoms with Gasteiger partial charge in [0, 0.05) is 12.3 Å².